The molecule has 1 aromatic heterocycles. The van der Waals surface area contributed by atoms with Crippen molar-refractivity contribution in [2.45, 2.75) is 19.4 Å². The summed E-state index contributed by atoms with van der Waals surface area (Å²) in [7, 11) is -4.12. The van der Waals surface area contributed by atoms with E-state index in [1.165, 1.54) is 0 Å². The van der Waals surface area contributed by atoms with Gasteiger partial charge < -0.3 is 26.9 Å². The highest BCUT2D eigenvalue weighted by atomic mass is 19.5. The van der Waals surface area contributed by atoms with Crippen molar-refractivity contribution in [2.75, 3.05) is 0 Å². The number of nitrogens with zero attached hydrogens (tertiary/aromatic N) is 2. The highest BCUT2D eigenvalue weighted by Gasteiger charge is 2.20. The molecular weight excluding hydrogens is 215 g/mol. The van der Waals surface area contributed by atoms with Crippen LogP contribution in [0, 0.1) is 0 Å². The van der Waals surface area contributed by atoms with Crippen molar-refractivity contribution in [3.63, 3.8) is 0 Å². The molecule has 1 aromatic rings. The van der Waals surface area contributed by atoms with Gasteiger partial charge in [0.1, 0.15) is 11.9 Å². The van der Waals surface area contributed by atoms with Gasteiger partial charge in [-0.1, -0.05) is 6.92 Å². The lowest BCUT2D eigenvalue weighted by atomic mass is 10.3. The summed E-state index contributed by atoms with van der Waals surface area (Å²) in [5.74, 6) is 0.738. The fourth-order valence-electron chi connectivity index (χ4n) is 0.881. The minimum absolute atomic E-state index is 0.417. The first-order valence-corrected chi connectivity index (χ1v) is 4.28. The lowest BCUT2D eigenvalue weighted by Crippen LogP contribution is -2.03. The van der Waals surface area contributed by atoms with Crippen LogP contribution in [-0.2, 0) is 7.05 Å². The SMILES string of the molecule is CCC(O)c1nccn1C.F[B-](F)(F)F. The molecule has 0 fully saturated rings. The Morgan fingerprint density at radius 3 is 2.20 bits per heavy atom. The largest absolute Gasteiger partial charge is 0.673 e. The standard InChI is InChI=1S/C7H12N2O.BF4/c1-3-6(10)7-8-4-5-9(7)2;2-1(3,4)5/h4-6,10H,3H2,1-2H3;/q;-1. The predicted molar refractivity (Wildman–Crippen MR) is 48.6 cm³/mol. The van der Waals surface area contributed by atoms with Gasteiger partial charge in [0, 0.05) is 19.4 Å². The van der Waals surface area contributed by atoms with Gasteiger partial charge in [0.05, 0.1) is 0 Å². The zero-order valence-corrected chi connectivity index (χ0v) is 8.37. The second kappa shape index (κ2) is 5.74. The molecule has 1 N–H and O–H groups in total. The highest BCUT2D eigenvalue weighted by molar-refractivity contribution is 6.50. The summed E-state index contributed by atoms with van der Waals surface area (Å²) in [6.07, 6.45) is 3.81. The van der Waals surface area contributed by atoms with Gasteiger partial charge in [-0.3, -0.25) is 0 Å². The number of aryl methyl sites for hydroxylation is 1. The first kappa shape index (κ1) is 14.0. The lowest BCUT2D eigenvalue weighted by molar-refractivity contribution is 0.160. The summed E-state index contributed by atoms with van der Waals surface area (Å²) in [4.78, 5) is 4.00. The number of hydrogen-bond acceptors (Lipinski definition) is 2. The molecule has 0 saturated carbocycles. The molecule has 3 nitrogen and oxygen atoms in total. The smallest absolute Gasteiger partial charge is 0.418 e. The molecule has 0 aliphatic rings. The predicted octanol–water partition coefficient (Wildman–Crippen LogP) is 2.16. The molecule has 1 heterocycles. The molecule has 0 saturated heterocycles. The Bertz CT molecular complexity index is 283. The van der Waals surface area contributed by atoms with E-state index in [0.29, 0.717) is 6.42 Å². The average Bonchev–Trinajstić information content (AvgIpc) is 2.47. The third-order valence-electron chi connectivity index (χ3n) is 1.54. The highest BCUT2D eigenvalue weighted by Crippen LogP contribution is 2.11. The first-order valence-electron chi connectivity index (χ1n) is 4.28. The van der Waals surface area contributed by atoms with Gasteiger partial charge in [-0.15, -0.1) is 0 Å². The number of halogens is 4. The monoisotopic (exact) mass is 227 g/mol. The Morgan fingerprint density at radius 2 is 1.93 bits per heavy atom. The number of aromatic nitrogens is 2. The second-order valence-electron chi connectivity index (χ2n) is 2.82. The van der Waals surface area contributed by atoms with Crippen molar-refractivity contribution in [3.8, 4) is 0 Å². The fourth-order valence-corrected chi connectivity index (χ4v) is 0.881. The maximum absolute atomic E-state index is 9.75. The summed E-state index contributed by atoms with van der Waals surface area (Å²) < 4.78 is 40.8. The molecule has 0 aliphatic carbocycles. The van der Waals surface area contributed by atoms with Crippen molar-refractivity contribution in [1.29, 1.82) is 0 Å². The minimum Gasteiger partial charge on any atom is -0.418 e. The average molecular weight is 227 g/mol. The normalized spacial score (nSPS) is 13.0. The van der Waals surface area contributed by atoms with Gasteiger partial charge in [0.15, 0.2) is 0 Å². The van der Waals surface area contributed by atoms with Crippen LogP contribution >= 0.6 is 0 Å². The van der Waals surface area contributed by atoms with E-state index in [0.717, 1.165) is 5.82 Å². The summed E-state index contributed by atoms with van der Waals surface area (Å²) in [5.41, 5.74) is 0. The van der Waals surface area contributed by atoms with E-state index < -0.39 is 13.4 Å². The van der Waals surface area contributed by atoms with E-state index in [4.69, 9.17) is 0 Å². The van der Waals surface area contributed by atoms with Gasteiger partial charge in [0.25, 0.3) is 0 Å². The van der Waals surface area contributed by atoms with Crippen LogP contribution in [0.5, 0.6) is 0 Å². The molecule has 8 heteroatoms. The van der Waals surface area contributed by atoms with Gasteiger partial charge in [-0.25, -0.2) is 4.98 Å². The van der Waals surface area contributed by atoms with E-state index in [2.05, 4.69) is 4.98 Å². The Hall–Kier alpha value is -1.05. The van der Waals surface area contributed by atoms with E-state index in [1.807, 2.05) is 24.7 Å². The molecule has 0 radical (unpaired) electrons. The summed E-state index contributed by atoms with van der Waals surface area (Å²) in [6.45, 7) is 1.93. The minimum atomic E-state index is -6.00. The van der Waals surface area contributed by atoms with Gasteiger partial charge >= 0.3 is 7.25 Å². The van der Waals surface area contributed by atoms with Crippen LogP contribution in [0.1, 0.15) is 25.3 Å². The molecule has 1 unspecified atom stereocenters. The van der Waals surface area contributed by atoms with E-state index in [-0.39, 0.29) is 0 Å². The van der Waals surface area contributed by atoms with Crippen LogP contribution in [0.25, 0.3) is 0 Å². The van der Waals surface area contributed by atoms with Gasteiger partial charge in [-0.2, -0.15) is 0 Å². The molecule has 0 amide bonds. The Kier molecular flexibility index (Phi) is 5.34. The Balaban J connectivity index is 0.000000336. The fraction of sp³-hybridized carbons (Fsp3) is 0.571. The van der Waals surface area contributed by atoms with Crippen LogP contribution in [0.3, 0.4) is 0 Å². The van der Waals surface area contributed by atoms with Gasteiger partial charge in [-0.05, 0) is 6.42 Å². The van der Waals surface area contributed by atoms with Gasteiger partial charge in [0.2, 0.25) is 0 Å². The van der Waals surface area contributed by atoms with Crippen molar-refractivity contribution < 1.29 is 22.4 Å². The van der Waals surface area contributed by atoms with Crippen LogP contribution < -0.4 is 0 Å². The molecule has 88 valence electrons. The summed E-state index contributed by atoms with van der Waals surface area (Å²) in [6, 6.07) is 0. The van der Waals surface area contributed by atoms with E-state index in [1.54, 1.807) is 6.20 Å². The first-order chi connectivity index (χ1) is 6.75. The van der Waals surface area contributed by atoms with Crippen LogP contribution in [0.4, 0.5) is 17.3 Å². The van der Waals surface area contributed by atoms with E-state index >= 15 is 0 Å². The molecule has 0 spiro atoms. The lowest BCUT2D eigenvalue weighted by Gasteiger charge is -2.05. The van der Waals surface area contributed by atoms with Crippen molar-refractivity contribution in [2.24, 2.45) is 7.05 Å². The molecule has 1 rings (SSSR count). The van der Waals surface area contributed by atoms with Crippen LogP contribution in [-0.4, -0.2) is 21.9 Å². The number of rotatable bonds is 2. The quantitative estimate of drug-likeness (QED) is 0.620. The zero-order valence-electron chi connectivity index (χ0n) is 8.37. The maximum atomic E-state index is 9.75. The summed E-state index contributed by atoms with van der Waals surface area (Å²) >= 11 is 0. The summed E-state index contributed by atoms with van der Waals surface area (Å²) in [5, 5.41) is 9.32. The Morgan fingerprint density at radius 1 is 1.47 bits per heavy atom. The maximum Gasteiger partial charge on any atom is 0.673 e. The van der Waals surface area contributed by atoms with E-state index in [9.17, 15) is 22.4 Å². The molecule has 1 atom stereocenters. The topological polar surface area (TPSA) is 38.1 Å². The molecule has 0 aromatic carbocycles. The molecule has 15 heavy (non-hydrogen) atoms. The van der Waals surface area contributed by atoms with Crippen molar-refractivity contribution in [1.82, 2.24) is 9.55 Å². The molecule has 0 bridgehead atoms. The third-order valence-corrected chi connectivity index (χ3v) is 1.54. The number of hydrogen-bond donors (Lipinski definition) is 1. The van der Waals surface area contributed by atoms with Crippen LogP contribution in [0.15, 0.2) is 12.4 Å². The second-order valence-corrected chi connectivity index (χ2v) is 2.82. The number of aliphatic hydroxyl groups is 1. The Labute approximate surface area is 84.8 Å². The number of imidazole rings is 1. The zero-order chi connectivity index (χ0) is 12.1. The van der Waals surface area contributed by atoms with Crippen molar-refractivity contribution in [3.05, 3.63) is 18.2 Å². The third kappa shape index (κ3) is 6.95. The van der Waals surface area contributed by atoms with Crippen LogP contribution in [0.2, 0.25) is 0 Å². The number of aliphatic hydroxyl groups excluding tert-OH is 1. The molecule has 0 aliphatic heterocycles. The van der Waals surface area contributed by atoms with Crippen molar-refractivity contribution >= 4 is 7.25 Å². The molecular formula is C7H12BF4N2O-.